The number of aromatic nitrogens is 3. The number of aliphatic imine (C=N–C) groups is 1. The maximum absolute atomic E-state index is 11.3. The summed E-state index contributed by atoms with van der Waals surface area (Å²) in [6.45, 7) is 5.14. The third-order valence-electron chi connectivity index (χ3n) is 3.65. The summed E-state index contributed by atoms with van der Waals surface area (Å²) in [6, 6.07) is 3.88. The van der Waals surface area contributed by atoms with Crippen LogP contribution in [0.1, 0.15) is 25.8 Å². The number of nitrogens with zero attached hydrogens (tertiary/aromatic N) is 4. The fourth-order valence-electron chi connectivity index (χ4n) is 2.28. The zero-order valence-corrected chi connectivity index (χ0v) is 16.2. The topological polar surface area (TPSA) is 101 Å². The van der Waals surface area contributed by atoms with Gasteiger partial charge in [-0.2, -0.15) is 0 Å². The lowest BCUT2D eigenvalue weighted by Gasteiger charge is -2.17. The Balaban J connectivity index is 2.01. The molecule has 0 spiro atoms. The van der Waals surface area contributed by atoms with Crippen molar-refractivity contribution in [3.05, 3.63) is 42.6 Å². The summed E-state index contributed by atoms with van der Waals surface area (Å²) in [7, 11) is -2.96. The third-order valence-corrected chi connectivity index (χ3v) is 4.62. The van der Waals surface area contributed by atoms with Crippen LogP contribution in [0.4, 0.5) is 0 Å². The van der Waals surface area contributed by atoms with Crippen molar-refractivity contribution in [2.24, 2.45) is 4.99 Å². The molecule has 2 rings (SSSR count). The lowest BCUT2D eigenvalue weighted by atomic mass is 10.2. The minimum absolute atomic E-state index is 0.00137. The molecule has 0 amide bonds. The lowest BCUT2D eigenvalue weighted by molar-refractivity contribution is 0.581. The van der Waals surface area contributed by atoms with Crippen LogP contribution >= 0.6 is 0 Å². The van der Waals surface area contributed by atoms with Crippen molar-refractivity contribution in [2.75, 3.05) is 18.6 Å². The Morgan fingerprint density at radius 2 is 2.19 bits per heavy atom. The zero-order valence-electron chi connectivity index (χ0n) is 15.4. The van der Waals surface area contributed by atoms with Gasteiger partial charge in [-0.1, -0.05) is 0 Å². The molecule has 0 radical (unpaired) electrons. The maximum atomic E-state index is 11.3. The van der Waals surface area contributed by atoms with E-state index in [2.05, 4.69) is 25.6 Å². The van der Waals surface area contributed by atoms with Gasteiger partial charge in [0.25, 0.3) is 0 Å². The minimum Gasteiger partial charge on any atom is -0.357 e. The molecule has 0 aliphatic carbocycles. The summed E-state index contributed by atoms with van der Waals surface area (Å²) >= 11 is 0. The van der Waals surface area contributed by atoms with E-state index >= 15 is 0 Å². The Labute approximate surface area is 154 Å². The molecule has 1 atom stereocenters. The summed E-state index contributed by atoms with van der Waals surface area (Å²) in [6.07, 6.45) is 8.77. The van der Waals surface area contributed by atoms with Crippen LogP contribution in [-0.2, 0) is 16.4 Å². The zero-order chi connectivity index (χ0) is 19.0. The quantitative estimate of drug-likeness (QED) is 0.528. The molecule has 0 saturated heterocycles. The molecule has 2 heterocycles. The van der Waals surface area contributed by atoms with E-state index in [4.69, 9.17) is 0 Å². The number of hydrogen-bond acceptors (Lipinski definition) is 5. The molecular weight excluding hydrogens is 352 g/mol. The molecule has 142 valence electrons. The van der Waals surface area contributed by atoms with Gasteiger partial charge in [0.2, 0.25) is 0 Å². The van der Waals surface area contributed by atoms with E-state index in [9.17, 15) is 8.42 Å². The normalized spacial score (nSPS) is 13.4. The van der Waals surface area contributed by atoms with Crippen molar-refractivity contribution >= 4 is 15.8 Å². The lowest BCUT2D eigenvalue weighted by Crippen LogP contribution is -2.42. The minimum atomic E-state index is -2.96. The summed E-state index contributed by atoms with van der Waals surface area (Å²) in [5.74, 6) is 1.60. The fraction of sp³-hybridized carbons (Fsp3) is 0.471. The van der Waals surface area contributed by atoms with Crippen LogP contribution in [0.5, 0.6) is 0 Å². The van der Waals surface area contributed by atoms with Gasteiger partial charge in [-0.05, 0) is 38.0 Å². The Kier molecular flexibility index (Phi) is 7.14. The largest absolute Gasteiger partial charge is 0.357 e. The highest BCUT2D eigenvalue weighted by Crippen LogP contribution is 2.08. The molecule has 2 aromatic rings. The number of sulfone groups is 1. The summed E-state index contributed by atoms with van der Waals surface area (Å²) < 4.78 is 24.4. The molecule has 26 heavy (non-hydrogen) atoms. The van der Waals surface area contributed by atoms with E-state index in [1.54, 1.807) is 18.7 Å². The second-order valence-corrected chi connectivity index (χ2v) is 8.41. The Morgan fingerprint density at radius 1 is 1.38 bits per heavy atom. The predicted octanol–water partition coefficient (Wildman–Crippen LogP) is 1.15. The standard InChI is InChI=1S/C17H26N6O2S/c1-4-19-17(22-14(2)6-10-26(3,24)25)21-12-15-5-7-20-16(11-15)23-9-8-18-13-23/h5,7-9,11,13-14H,4,6,10,12H2,1-3H3,(H2,19,21,22). The van der Waals surface area contributed by atoms with Crippen LogP contribution in [0, 0.1) is 0 Å². The van der Waals surface area contributed by atoms with Gasteiger partial charge in [0.15, 0.2) is 5.96 Å². The first-order valence-electron chi connectivity index (χ1n) is 8.53. The van der Waals surface area contributed by atoms with Gasteiger partial charge >= 0.3 is 0 Å². The van der Waals surface area contributed by atoms with Gasteiger partial charge in [0.1, 0.15) is 22.0 Å². The molecule has 9 heteroatoms. The van der Waals surface area contributed by atoms with Crippen LogP contribution in [0.3, 0.4) is 0 Å². The summed E-state index contributed by atoms with van der Waals surface area (Å²) in [5.41, 5.74) is 1.02. The van der Waals surface area contributed by atoms with E-state index in [0.29, 0.717) is 18.9 Å². The van der Waals surface area contributed by atoms with E-state index in [1.807, 2.05) is 36.7 Å². The maximum Gasteiger partial charge on any atom is 0.191 e. The highest BCUT2D eigenvalue weighted by Gasteiger charge is 2.09. The van der Waals surface area contributed by atoms with Crippen molar-refractivity contribution in [2.45, 2.75) is 32.9 Å². The number of imidazole rings is 1. The Morgan fingerprint density at radius 3 is 2.85 bits per heavy atom. The van der Waals surface area contributed by atoms with Gasteiger partial charge < -0.3 is 10.6 Å². The van der Waals surface area contributed by atoms with Gasteiger partial charge in [0, 0.05) is 37.4 Å². The molecule has 8 nitrogen and oxygen atoms in total. The van der Waals surface area contributed by atoms with Gasteiger partial charge in [-0.3, -0.25) is 4.57 Å². The fourth-order valence-corrected chi connectivity index (χ4v) is 3.06. The van der Waals surface area contributed by atoms with Crippen LogP contribution < -0.4 is 10.6 Å². The number of rotatable bonds is 8. The van der Waals surface area contributed by atoms with Gasteiger partial charge in [0.05, 0.1) is 12.3 Å². The molecule has 0 aromatic carbocycles. The molecule has 0 aliphatic heterocycles. The van der Waals surface area contributed by atoms with E-state index in [-0.39, 0.29) is 11.8 Å². The average molecular weight is 379 g/mol. The number of nitrogens with one attached hydrogen (secondary N) is 2. The number of pyridine rings is 1. The van der Waals surface area contributed by atoms with E-state index < -0.39 is 9.84 Å². The Bertz CT molecular complexity index is 818. The van der Waals surface area contributed by atoms with Gasteiger partial charge in [-0.15, -0.1) is 0 Å². The molecule has 0 saturated carbocycles. The van der Waals surface area contributed by atoms with Crippen molar-refractivity contribution in [3.63, 3.8) is 0 Å². The van der Waals surface area contributed by atoms with E-state index in [1.165, 1.54) is 6.26 Å². The Hall–Kier alpha value is -2.42. The molecule has 2 N–H and O–H groups in total. The van der Waals surface area contributed by atoms with Crippen LogP contribution in [0.25, 0.3) is 5.82 Å². The summed E-state index contributed by atoms with van der Waals surface area (Å²) in [5, 5.41) is 6.43. The smallest absolute Gasteiger partial charge is 0.191 e. The molecule has 0 fully saturated rings. The molecular formula is C17H26N6O2S. The second-order valence-electron chi connectivity index (χ2n) is 6.15. The molecule has 0 bridgehead atoms. The van der Waals surface area contributed by atoms with Crippen molar-refractivity contribution in [3.8, 4) is 5.82 Å². The van der Waals surface area contributed by atoms with Crippen LogP contribution in [0.15, 0.2) is 42.0 Å². The summed E-state index contributed by atoms with van der Waals surface area (Å²) in [4.78, 5) is 12.9. The number of guanidine groups is 1. The van der Waals surface area contributed by atoms with Crippen LogP contribution in [-0.4, -0.2) is 53.5 Å². The molecule has 1 unspecified atom stereocenters. The van der Waals surface area contributed by atoms with Crippen molar-refractivity contribution in [1.82, 2.24) is 25.2 Å². The SMILES string of the molecule is CCNC(=NCc1ccnc(-n2ccnc2)c1)NC(C)CCS(C)(=O)=O. The van der Waals surface area contributed by atoms with Crippen molar-refractivity contribution < 1.29 is 8.42 Å². The van der Waals surface area contributed by atoms with Gasteiger partial charge in [-0.25, -0.2) is 23.4 Å². The highest BCUT2D eigenvalue weighted by atomic mass is 32.2. The van der Waals surface area contributed by atoms with Crippen molar-refractivity contribution in [1.29, 1.82) is 0 Å². The molecule has 2 aromatic heterocycles. The average Bonchev–Trinajstić information content (AvgIpc) is 3.12. The number of hydrogen-bond donors (Lipinski definition) is 2. The predicted molar refractivity (Wildman–Crippen MR) is 103 cm³/mol. The first-order valence-corrected chi connectivity index (χ1v) is 10.6. The molecule has 0 aliphatic rings. The third kappa shape index (κ3) is 6.83. The first-order chi connectivity index (χ1) is 12.4. The highest BCUT2D eigenvalue weighted by molar-refractivity contribution is 7.90. The van der Waals surface area contributed by atoms with E-state index in [0.717, 1.165) is 17.9 Å². The first kappa shape index (κ1) is 19.9. The van der Waals surface area contributed by atoms with Crippen LogP contribution in [0.2, 0.25) is 0 Å². The second kappa shape index (κ2) is 9.33. The monoisotopic (exact) mass is 378 g/mol.